The molecule has 2 aliphatic heterocycles. The Morgan fingerprint density at radius 2 is 1.85 bits per heavy atom. The molecule has 0 aliphatic carbocycles. The van der Waals surface area contributed by atoms with Gasteiger partial charge in [0.25, 0.3) is 5.91 Å². The Labute approximate surface area is 152 Å². The Kier molecular flexibility index (Phi) is 5.33. The van der Waals surface area contributed by atoms with Crippen LogP contribution in [0.1, 0.15) is 60.4 Å². The highest BCUT2D eigenvalue weighted by Crippen LogP contribution is 2.35. The van der Waals surface area contributed by atoms with Crippen molar-refractivity contribution in [1.29, 1.82) is 0 Å². The maximum Gasteiger partial charge on any atom is 0.435 e. The molecule has 1 aromatic heterocycles. The van der Waals surface area contributed by atoms with E-state index in [2.05, 4.69) is 10.00 Å². The van der Waals surface area contributed by atoms with Gasteiger partial charge in [0, 0.05) is 25.3 Å². The highest BCUT2D eigenvalue weighted by molar-refractivity contribution is 5.96. The van der Waals surface area contributed by atoms with Crippen LogP contribution in [0, 0.1) is 12.8 Å². The quantitative estimate of drug-likeness (QED) is 0.800. The summed E-state index contributed by atoms with van der Waals surface area (Å²) in [5.74, 6) is -0.221. The van der Waals surface area contributed by atoms with Crippen molar-refractivity contribution in [3.05, 3.63) is 17.0 Å². The van der Waals surface area contributed by atoms with E-state index in [1.54, 1.807) is 11.8 Å². The molecule has 0 radical (unpaired) electrons. The number of hydrogen-bond acceptors (Lipinski definition) is 3. The summed E-state index contributed by atoms with van der Waals surface area (Å²) in [5.41, 5.74) is -0.966. The largest absolute Gasteiger partial charge is 0.435 e. The molecule has 1 amide bonds. The van der Waals surface area contributed by atoms with Crippen molar-refractivity contribution in [3.8, 4) is 0 Å². The molecule has 2 aliphatic rings. The molecular formula is C18H27F3N4O. The molecule has 26 heavy (non-hydrogen) atoms. The van der Waals surface area contributed by atoms with Crippen molar-refractivity contribution in [2.45, 2.75) is 51.7 Å². The number of piperidine rings is 2. The SMILES string of the molecule is Cc1c(C(=O)N2CCC[C@@H](C)C2)c(C(F)(F)F)nn1[C@@H]1CCCN(C)C1. The van der Waals surface area contributed by atoms with E-state index in [0.29, 0.717) is 31.2 Å². The lowest BCUT2D eigenvalue weighted by molar-refractivity contribution is -0.142. The number of likely N-dealkylation sites (tertiary alicyclic amines) is 2. The minimum absolute atomic E-state index is 0.128. The average molecular weight is 372 g/mol. The van der Waals surface area contributed by atoms with Crippen molar-refractivity contribution < 1.29 is 18.0 Å². The lowest BCUT2D eigenvalue weighted by Crippen LogP contribution is -2.40. The second kappa shape index (κ2) is 7.21. The van der Waals surface area contributed by atoms with E-state index in [1.807, 2.05) is 14.0 Å². The fraction of sp³-hybridized carbons (Fsp3) is 0.778. The van der Waals surface area contributed by atoms with E-state index < -0.39 is 17.8 Å². The van der Waals surface area contributed by atoms with Crippen LogP contribution >= 0.6 is 0 Å². The van der Waals surface area contributed by atoms with Crippen molar-refractivity contribution >= 4 is 5.91 Å². The van der Waals surface area contributed by atoms with Crippen molar-refractivity contribution in [2.75, 3.05) is 33.2 Å². The molecule has 0 bridgehead atoms. The van der Waals surface area contributed by atoms with E-state index in [9.17, 15) is 18.0 Å². The van der Waals surface area contributed by atoms with Crippen molar-refractivity contribution in [2.24, 2.45) is 5.92 Å². The first-order valence-corrected chi connectivity index (χ1v) is 9.32. The third kappa shape index (κ3) is 3.75. The maximum absolute atomic E-state index is 13.6. The molecule has 146 valence electrons. The molecule has 3 rings (SSSR count). The van der Waals surface area contributed by atoms with Gasteiger partial charge in [0.05, 0.1) is 11.6 Å². The van der Waals surface area contributed by atoms with Gasteiger partial charge in [0.1, 0.15) is 0 Å². The number of hydrogen-bond donors (Lipinski definition) is 0. The summed E-state index contributed by atoms with van der Waals surface area (Å²) < 4.78 is 42.3. The molecule has 2 fully saturated rings. The summed E-state index contributed by atoms with van der Waals surface area (Å²) in [5, 5.41) is 3.89. The van der Waals surface area contributed by atoms with Crippen LogP contribution in [0.15, 0.2) is 0 Å². The first-order chi connectivity index (χ1) is 12.2. The van der Waals surface area contributed by atoms with E-state index in [-0.39, 0.29) is 11.6 Å². The van der Waals surface area contributed by atoms with Gasteiger partial charge in [-0.05, 0) is 52.1 Å². The van der Waals surface area contributed by atoms with Gasteiger partial charge in [-0.2, -0.15) is 18.3 Å². The topological polar surface area (TPSA) is 41.4 Å². The molecule has 2 atom stereocenters. The van der Waals surface area contributed by atoms with Crippen LogP contribution in [0.25, 0.3) is 0 Å². The Morgan fingerprint density at radius 3 is 2.46 bits per heavy atom. The molecule has 0 aromatic carbocycles. The molecular weight excluding hydrogens is 345 g/mol. The fourth-order valence-corrected chi connectivity index (χ4v) is 4.20. The third-order valence-electron chi connectivity index (χ3n) is 5.52. The maximum atomic E-state index is 13.6. The van der Waals surface area contributed by atoms with Gasteiger partial charge >= 0.3 is 6.18 Å². The van der Waals surface area contributed by atoms with Gasteiger partial charge in [-0.25, -0.2) is 0 Å². The highest BCUT2D eigenvalue weighted by Gasteiger charge is 2.43. The van der Waals surface area contributed by atoms with E-state index >= 15 is 0 Å². The molecule has 5 nitrogen and oxygen atoms in total. The van der Waals surface area contributed by atoms with Gasteiger partial charge < -0.3 is 9.80 Å². The fourth-order valence-electron chi connectivity index (χ4n) is 4.20. The summed E-state index contributed by atoms with van der Waals surface area (Å²) >= 11 is 0. The van der Waals surface area contributed by atoms with Gasteiger partial charge in [-0.1, -0.05) is 6.92 Å². The number of nitrogens with zero attached hydrogens (tertiary/aromatic N) is 4. The Bertz CT molecular complexity index is 670. The van der Waals surface area contributed by atoms with E-state index in [1.165, 1.54) is 4.68 Å². The molecule has 0 saturated carbocycles. The number of carbonyl (C=O) groups excluding carboxylic acids is 1. The zero-order valence-electron chi connectivity index (χ0n) is 15.6. The number of likely N-dealkylation sites (N-methyl/N-ethyl adjacent to an activating group) is 1. The molecule has 0 spiro atoms. The average Bonchev–Trinajstić information content (AvgIpc) is 2.92. The van der Waals surface area contributed by atoms with Crippen LogP contribution in [0.5, 0.6) is 0 Å². The summed E-state index contributed by atoms with van der Waals surface area (Å²) in [6.07, 6.45) is -1.12. The Morgan fingerprint density at radius 1 is 1.15 bits per heavy atom. The van der Waals surface area contributed by atoms with Crippen LogP contribution in [0.3, 0.4) is 0 Å². The highest BCUT2D eigenvalue weighted by atomic mass is 19.4. The lowest BCUT2D eigenvalue weighted by Gasteiger charge is -2.32. The van der Waals surface area contributed by atoms with Crippen molar-refractivity contribution in [1.82, 2.24) is 19.6 Å². The first kappa shape index (κ1) is 19.2. The second-order valence-electron chi connectivity index (χ2n) is 7.81. The summed E-state index contributed by atoms with van der Waals surface area (Å²) in [6.45, 7) is 6.22. The van der Waals surface area contributed by atoms with Crippen LogP contribution in [0.2, 0.25) is 0 Å². The smallest absolute Gasteiger partial charge is 0.338 e. The summed E-state index contributed by atoms with van der Waals surface area (Å²) in [7, 11) is 1.96. The summed E-state index contributed by atoms with van der Waals surface area (Å²) in [4.78, 5) is 16.6. The normalized spacial score (nSPS) is 25.5. The number of carbonyl (C=O) groups is 1. The molecule has 3 heterocycles. The summed E-state index contributed by atoms with van der Waals surface area (Å²) in [6, 6.07) is -0.128. The van der Waals surface area contributed by atoms with Crippen molar-refractivity contribution in [3.63, 3.8) is 0 Å². The zero-order chi connectivity index (χ0) is 19.1. The lowest BCUT2D eigenvalue weighted by atomic mass is 9.99. The van der Waals surface area contributed by atoms with Crippen LogP contribution in [0.4, 0.5) is 13.2 Å². The Hall–Kier alpha value is -1.57. The molecule has 2 saturated heterocycles. The zero-order valence-corrected chi connectivity index (χ0v) is 15.6. The van der Waals surface area contributed by atoms with Gasteiger partial charge in [0.15, 0.2) is 5.69 Å². The number of amides is 1. The van der Waals surface area contributed by atoms with E-state index in [4.69, 9.17) is 0 Å². The van der Waals surface area contributed by atoms with Crippen LogP contribution in [-0.4, -0.2) is 58.7 Å². The minimum Gasteiger partial charge on any atom is -0.338 e. The third-order valence-corrected chi connectivity index (χ3v) is 5.52. The molecule has 0 unspecified atom stereocenters. The minimum atomic E-state index is -4.64. The van der Waals surface area contributed by atoms with Gasteiger partial charge in [-0.3, -0.25) is 9.48 Å². The number of alkyl halides is 3. The van der Waals surface area contributed by atoms with Crippen LogP contribution < -0.4 is 0 Å². The standard InChI is InChI=1S/C18H27F3N4O/c1-12-6-4-9-24(10-12)17(26)15-13(2)25(22-16(15)18(19,20)21)14-7-5-8-23(3)11-14/h12,14H,4-11H2,1-3H3/t12-,14-/m1/s1. The number of halogens is 3. The van der Waals surface area contributed by atoms with Gasteiger partial charge in [0.2, 0.25) is 0 Å². The Balaban J connectivity index is 1.98. The predicted molar refractivity (Wildman–Crippen MR) is 92.0 cm³/mol. The molecule has 8 heteroatoms. The number of aromatic nitrogens is 2. The predicted octanol–water partition coefficient (Wildman–Crippen LogP) is 3.35. The number of rotatable bonds is 2. The second-order valence-corrected chi connectivity index (χ2v) is 7.81. The van der Waals surface area contributed by atoms with Gasteiger partial charge in [-0.15, -0.1) is 0 Å². The molecule has 1 aromatic rings. The molecule has 0 N–H and O–H groups in total. The first-order valence-electron chi connectivity index (χ1n) is 9.32. The monoisotopic (exact) mass is 372 g/mol. The van der Waals surface area contributed by atoms with Crippen LogP contribution in [-0.2, 0) is 6.18 Å². The van der Waals surface area contributed by atoms with E-state index in [0.717, 1.165) is 32.2 Å².